The first kappa shape index (κ1) is 8.48. The highest BCUT2D eigenvalue weighted by atomic mass is 32.2. The average molecular weight is 158 g/mol. The highest BCUT2D eigenvalue weighted by Gasteiger charge is 2.43. The molecule has 0 aromatic carbocycles. The van der Waals surface area contributed by atoms with Gasteiger partial charge in [0.25, 0.3) is 0 Å². The van der Waals surface area contributed by atoms with Crippen LogP contribution in [0.3, 0.4) is 0 Å². The summed E-state index contributed by atoms with van der Waals surface area (Å²) in [6, 6.07) is 0. The molecular weight excluding hydrogens is 154 g/mol. The minimum atomic E-state index is -4.11. The molecule has 6 heteroatoms. The lowest BCUT2D eigenvalue weighted by atomic mass is 10.7. The van der Waals surface area contributed by atoms with Crippen molar-refractivity contribution in [2.24, 2.45) is 0 Å². The second kappa shape index (κ2) is 2.38. The van der Waals surface area contributed by atoms with Crippen LogP contribution in [0.25, 0.3) is 0 Å². The molecule has 0 heterocycles. The predicted octanol–water partition coefficient (Wildman–Crippen LogP) is 0.0423. The molecule has 0 aliphatic heterocycles. The maximum Gasteiger partial charge on any atom is 0.415 e. The Labute approximate surface area is 52.1 Å². The van der Waals surface area contributed by atoms with Gasteiger partial charge in [-0.05, 0) is 0 Å². The van der Waals surface area contributed by atoms with Crippen LogP contribution in [-0.4, -0.2) is 26.8 Å². The van der Waals surface area contributed by atoms with Crippen molar-refractivity contribution in [2.75, 3.05) is 6.26 Å². The topological polar surface area (TPSA) is 54.4 Å². The summed E-state index contributed by atoms with van der Waals surface area (Å²) < 4.78 is 33.4. The van der Waals surface area contributed by atoms with Gasteiger partial charge in [0.2, 0.25) is 0 Å². The van der Waals surface area contributed by atoms with Crippen molar-refractivity contribution in [1.82, 2.24) is 0 Å². The van der Waals surface area contributed by atoms with Gasteiger partial charge in [0.05, 0.1) is 10.8 Å². The zero-order valence-electron chi connectivity index (χ0n) is 4.43. The Morgan fingerprint density at radius 1 is 1.67 bits per heavy atom. The molecule has 54 valence electrons. The molecule has 0 aliphatic carbocycles. The van der Waals surface area contributed by atoms with E-state index in [1.165, 1.54) is 0 Å². The summed E-state index contributed by atoms with van der Waals surface area (Å²) >= 11 is 0. The molecular formula is C3H4F2O3S. The molecule has 1 N–H and O–H groups in total. The number of halogens is 2. The van der Waals surface area contributed by atoms with Crippen LogP contribution in [0, 0.1) is 0 Å². The molecule has 0 aromatic rings. The minimum Gasteiger partial charge on any atom is -0.476 e. The van der Waals surface area contributed by atoms with Gasteiger partial charge in [0.15, 0.2) is 0 Å². The van der Waals surface area contributed by atoms with E-state index in [0.717, 1.165) is 0 Å². The molecule has 3 nitrogen and oxygen atoms in total. The van der Waals surface area contributed by atoms with Crippen molar-refractivity contribution >= 4 is 16.8 Å². The highest BCUT2D eigenvalue weighted by molar-refractivity contribution is 7.86. The largest absolute Gasteiger partial charge is 0.476 e. The van der Waals surface area contributed by atoms with E-state index < -0.39 is 22.0 Å². The van der Waals surface area contributed by atoms with Gasteiger partial charge in [-0.3, -0.25) is 4.21 Å². The summed E-state index contributed by atoms with van der Waals surface area (Å²) in [7, 11) is -2.64. The normalized spacial score (nSPS) is 15.0. The van der Waals surface area contributed by atoms with Crippen molar-refractivity contribution in [3.8, 4) is 0 Å². The minimum absolute atomic E-state index is 0.633. The smallest absolute Gasteiger partial charge is 0.415 e. The zero-order chi connectivity index (χ0) is 7.65. The van der Waals surface area contributed by atoms with E-state index in [-0.39, 0.29) is 0 Å². The summed E-state index contributed by atoms with van der Waals surface area (Å²) in [5.74, 6) is -2.36. The molecule has 0 saturated carbocycles. The van der Waals surface area contributed by atoms with Gasteiger partial charge in [-0.25, -0.2) is 4.79 Å². The van der Waals surface area contributed by atoms with E-state index in [1.54, 1.807) is 0 Å². The molecule has 0 unspecified atom stereocenters. The third-order valence-electron chi connectivity index (χ3n) is 0.610. The summed E-state index contributed by atoms with van der Waals surface area (Å²) in [5, 5.41) is 3.56. The van der Waals surface area contributed by atoms with E-state index in [2.05, 4.69) is 0 Å². The quantitative estimate of drug-likeness (QED) is 0.617. The van der Waals surface area contributed by atoms with Crippen LogP contribution in [0.1, 0.15) is 0 Å². The SMILES string of the molecule is C[S@@](=O)C(F)(F)C(=O)O. The Morgan fingerprint density at radius 3 is 2.00 bits per heavy atom. The Kier molecular flexibility index (Phi) is 2.25. The first-order valence-corrected chi connectivity index (χ1v) is 3.39. The van der Waals surface area contributed by atoms with Gasteiger partial charge in [-0.15, -0.1) is 0 Å². The molecule has 0 aromatic heterocycles. The maximum atomic E-state index is 11.8. The first-order valence-electron chi connectivity index (χ1n) is 1.83. The van der Waals surface area contributed by atoms with Gasteiger partial charge >= 0.3 is 11.2 Å². The van der Waals surface area contributed by atoms with E-state index in [1.807, 2.05) is 0 Å². The predicted molar refractivity (Wildman–Crippen MR) is 26.6 cm³/mol. The number of alkyl halides is 2. The maximum absolute atomic E-state index is 11.8. The number of hydrogen-bond donors (Lipinski definition) is 1. The summed E-state index contributed by atoms with van der Waals surface area (Å²) in [6.07, 6.45) is 0.633. The van der Waals surface area contributed by atoms with Gasteiger partial charge < -0.3 is 5.11 Å². The summed E-state index contributed by atoms with van der Waals surface area (Å²) in [5.41, 5.74) is 0. The number of carboxylic acids is 1. The Bertz CT molecular complexity index is 139. The van der Waals surface area contributed by atoms with Crippen LogP contribution in [-0.2, 0) is 15.6 Å². The van der Waals surface area contributed by atoms with Crippen molar-refractivity contribution in [3.05, 3.63) is 0 Å². The van der Waals surface area contributed by atoms with E-state index in [9.17, 15) is 17.8 Å². The summed E-state index contributed by atoms with van der Waals surface area (Å²) in [4.78, 5) is 9.52. The number of hydrogen-bond acceptors (Lipinski definition) is 2. The van der Waals surface area contributed by atoms with Crippen LogP contribution in [0.2, 0.25) is 0 Å². The molecule has 0 saturated heterocycles. The molecule has 0 bridgehead atoms. The van der Waals surface area contributed by atoms with Crippen LogP contribution < -0.4 is 0 Å². The third-order valence-corrected chi connectivity index (χ3v) is 1.51. The van der Waals surface area contributed by atoms with E-state index in [0.29, 0.717) is 6.26 Å². The highest BCUT2D eigenvalue weighted by Crippen LogP contribution is 2.16. The van der Waals surface area contributed by atoms with Crippen LogP contribution in [0.15, 0.2) is 0 Å². The van der Waals surface area contributed by atoms with Crippen LogP contribution in [0.5, 0.6) is 0 Å². The zero-order valence-corrected chi connectivity index (χ0v) is 5.24. The Hall–Kier alpha value is -0.520. The molecule has 0 spiro atoms. The number of rotatable bonds is 2. The lowest BCUT2D eigenvalue weighted by molar-refractivity contribution is -0.153. The molecule has 0 rings (SSSR count). The van der Waals surface area contributed by atoms with Crippen LogP contribution >= 0.6 is 0 Å². The fourth-order valence-corrected chi connectivity index (χ4v) is 0.369. The Balaban J connectivity index is 4.38. The molecule has 0 radical (unpaired) electrons. The molecule has 0 aliphatic rings. The lowest BCUT2D eigenvalue weighted by Crippen LogP contribution is -2.32. The number of aliphatic carboxylic acids is 1. The first-order chi connectivity index (χ1) is 3.89. The monoisotopic (exact) mass is 158 g/mol. The van der Waals surface area contributed by atoms with Gasteiger partial charge in [0.1, 0.15) is 0 Å². The van der Waals surface area contributed by atoms with Gasteiger partial charge in [-0.2, -0.15) is 8.78 Å². The fourth-order valence-electron chi connectivity index (χ4n) is 0.123. The average Bonchev–Trinajstić information content (AvgIpc) is 1.65. The second-order valence-electron chi connectivity index (χ2n) is 1.28. The second-order valence-corrected chi connectivity index (χ2v) is 2.70. The van der Waals surface area contributed by atoms with Crippen LogP contribution in [0.4, 0.5) is 8.78 Å². The molecule has 0 fully saturated rings. The third kappa shape index (κ3) is 1.70. The van der Waals surface area contributed by atoms with Crippen molar-refractivity contribution in [2.45, 2.75) is 5.25 Å². The van der Waals surface area contributed by atoms with E-state index in [4.69, 9.17) is 5.11 Å². The molecule has 0 amide bonds. The number of carboxylic acid groups (broad SMARTS) is 1. The van der Waals surface area contributed by atoms with Crippen molar-refractivity contribution < 1.29 is 22.9 Å². The standard InChI is InChI=1S/C3H4F2O3S/c1-9(8)3(4,5)2(6)7/h1H3,(H,6,7)/t9-/m1/s1. The van der Waals surface area contributed by atoms with E-state index >= 15 is 0 Å². The molecule has 1 atom stereocenters. The Morgan fingerprint density at radius 2 is 2.00 bits per heavy atom. The lowest BCUT2D eigenvalue weighted by Gasteiger charge is -2.04. The van der Waals surface area contributed by atoms with Gasteiger partial charge in [0, 0.05) is 6.26 Å². The van der Waals surface area contributed by atoms with Crippen molar-refractivity contribution in [3.63, 3.8) is 0 Å². The summed E-state index contributed by atoms with van der Waals surface area (Å²) in [6.45, 7) is 0. The molecule has 9 heavy (non-hydrogen) atoms. The fraction of sp³-hybridized carbons (Fsp3) is 0.667. The van der Waals surface area contributed by atoms with Crippen molar-refractivity contribution in [1.29, 1.82) is 0 Å². The van der Waals surface area contributed by atoms with Gasteiger partial charge in [-0.1, -0.05) is 0 Å². The number of carbonyl (C=O) groups is 1.